The number of hydrogen-bond donors (Lipinski definition) is 2. The van der Waals surface area contributed by atoms with Gasteiger partial charge >= 0.3 is 10.3 Å². The second-order valence-electron chi connectivity index (χ2n) is 6.14. The molecule has 2 heterocycles. The normalized spacial score (nSPS) is 22.8. The van der Waals surface area contributed by atoms with Gasteiger partial charge in [0.1, 0.15) is 11.6 Å². The predicted molar refractivity (Wildman–Crippen MR) is 94.7 cm³/mol. The Kier molecular flexibility index (Phi) is 4.59. The molecule has 0 bridgehead atoms. The number of hydrogen-bond acceptors (Lipinski definition) is 6. The monoisotopic (exact) mass is 395 g/mol. The summed E-state index contributed by atoms with van der Waals surface area (Å²) < 4.78 is 33.1. The molecule has 2 atom stereocenters. The van der Waals surface area contributed by atoms with Crippen molar-refractivity contribution in [2.75, 3.05) is 0 Å². The average molecular weight is 395 g/mol. The van der Waals surface area contributed by atoms with Crippen molar-refractivity contribution < 1.29 is 22.6 Å². The summed E-state index contributed by atoms with van der Waals surface area (Å²) in [6.07, 6.45) is 0.0443. The van der Waals surface area contributed by atoms with Gasteiger partial charge in [-0.05, 0) is 19.4 Å². The van der Waals surface area contributed by atoms with Crippen LogP contribution in [-0.2, 0) is 31.9 Å². The van der Waals surface area contributed by atoms with Gasteiger partial charge in [-0.15, -0.1) is 11.3 Å². The predicted octanol–water partition coefficient (Wildman–Crippen LogP) is 1.04. The molecule has 1 saturated heterocycles. The zero-order chi connectivity index (χ0) is 19.1. The minimum atomic E-state index is -4.79. The second kappa shape index (κ2) is 6.45. The summed E-state index contributed by atoms with van der Waals surface area (Å²) in [4.78, 5) is 28.9. The van der Waals surface area contributed by atoms with Crippen molar-refractivity contribution in [3.05, 3.63) is 52.0 Å². The molecule has 8 nitrogen and oxygen atoms in total. The van der Waals surface area contributed by atoms with Crippen LogP contribution in [0, 0.1) is 6.92 Å². The third-order valence-electron chi connectivity index (χ3n) is 4.31. The van der Waals surface area contributed by atoms with Crippen LogP contribution in [-0.4, -0.2) is 40.1 Å². The molecule has 0 unspecified atom stereocenters. The summed E-state index contributed by atoms with van der Waals surface area (Å²) in [6.45, 7) is 3.18. The molecule has 0 radical (unpaired) electrons. The van der Waals surface area contributed by atoms with Gasteiger partial charge in [-0.3, -0.25) is 14.1 Å². The number of thiazole rings is 1. The van der Waals surface area contributed by atoms with E-state index < -0.39 is 33.7 Å². The van der Waals surface area contributed by atoms with Crippen LogP contribution in [0.1, 0.15) is 23.2 Å². The van der Waals surface area contributed by atoms with Gasteiger partial charge in [-0.25, -0.2) is 9.29 Å². The van der Waals surface area contributed by atoms with E-state index in [1.807, 2.05) is 6.07 Å². The molecule has 138 valence electrons. The Bertz CT molecular complexity index is 957. The topological polar surface area (TPSA) is 117 Å². The van der Waals surface area contributed by atoms with Gasteiger partial charge < -0.3 is 5.32 Å². The summed E-state index contributed by atoms with van der Waals surface area (Å²) in [6, 6.07) is 7.81. The van der Waals surface area contributed by atoms with Gasteiger partial charge in [0, 0.05) is 5.38 Å². The number of aromatic nitrogens is 1. The summed E-state index contributed by atoms with van der Waals surface area (Å²) >= 11 is 1.28. The molecule has 0 aliphatic carbocycles. The molecular formula is C16H17N3O5S2. The number of benzene rings is 1. The highest BCUT2D eigenvalue weighted by atomic mass is 32.2. The molecule has 3 rings (SSSR count). The third-order valence-corrected chi connectivity index (χ3v) is 6.11. The molecule has 1 aromatic heterocycles. The molecule has 1 fully saturated rings. The molecule has 2 aromatic rings. The largest absolute Gasteiger partial charge is 0.363 e. The van der Waals surface area contributed by atoms with E-state index in [4.69, 9.17) is 0 Å². The number of nitrogens with zero attached hydrogens (tertiary/aromatic N) is 2. The maximum absolute atomic E-state index is 12.3. The van der Waals surface area contributed by atoms with E-state index in [0.29, 0.717) is 15.0 Å². The van der Waals surface area contributed by atoms with E-state index in [9.17, 15) is 22.6 Å². The summed E-state index contributed by atoms with van der Waals surface area (Å²) in [5, 5.41) is 4.85. The first kappa shape index (κ1) is 18.5. The first-order valence-corrected chi connectivity index (χ1v) is 9.99. The van der Waals surface area contributed by atoms with Crippen LogP contribution < -0.4 is 5.32 Å². The number of β-lactam (4-membered cyclic amide) rings is 1. The Morgan fingerprint density at radius 2 is 2.04 bits per heavy atom. The van der Waals surface area contributed by atoms with Gasteiger partial charge in [0.05, 0.1) is 17.1 Å². The zero-order valence-corrected chi connectivity index (χ0v) is 15.7. The lowest BCUT2D eigenvalue weighted by Crippen LogP contribution is -2.77. The Balaban J connectivity index is 1.88. The summed E-state index contributed by atoms with van der Waals surface area (Å²) in [5.41, 5.74) is -0.432. The Morgan fingerprint density at radius 3 is 2.58 bits per heavy atom. The smallest absolute Gasteiger partial charge is 0.342 e. The van der Waals surface area contributed by atoms with Crippen molar-refractivity contribution in [1.29, 1.82) is 0 Å². The molecule has 2 N–H and O–H groups in total. The SMILES string of the molecule is Cc1nc([C@]2(C)[C@H](NC(=O)Cc3ccccc3)C(=O)N2S(=O)(=O)O)cs1. The average Bonchev–Trinajstić information content (AvgIpc) is 2.99. The van der Waals surface area contributed by atoms with E-state index in [1.54, 1.807) is 36.6 Å². The van der Waals surface area contributed by atoms with E-state index in [2.05, 4.69) is 10.3 Å². The molecule has 1 aliphatic heterocycles. The zero-order valence-electron chi connectivity index (χ0n) is 14.0. The molecule has 1 aliphatic rings. The Labute approximate surface area is 154 Å². The number of amides is 2. The number of rotatable bonds is 5. The van der Waals surface area contributed by atoms with E-state index in [0.717, 1.165) is 5.56 Å². The first-order chi connectivity index (χ1) is 12.1. The Morgan fingerprint density at radius 1 is 1.38 bits per heavy atom. The highest BCUT2D eigenvalue weighted by Gasteiger charge is 2.64. The van der Waals surface area contributed by atoms with Crippen molar-refractivity contribution in [2.45, 2.75) is 31.8 Å². The number of aryl methyl sites for hydroxylation is 1. The first-order valence-electron chi connectivity index (χ1n) is 7.71. The fourth-order valence-electron chi connectivity index (χ4n) is 3.03. The fourth-order valence-corrected chi connectivity index (χ4v) is 4.77. The molecule has 0 saturated carbocycles. The van der Waals surface area contributed by atoms with Gasteiger partial charge in [0.15, 0.2) is 0 Å². The van der Waals surface area contributed by atoms with Crippen molar-refractivity contribution in [3.8, 4) is 0 Å². The van der Waals surface area contributed by atoms with Gasteiger partial charge in [0.25, 0.3) is 5.91 Å². The lowest BCUT2D eigenvalue weighted by molar-refractivity contribution is -0.154. The second-order valence-corrected chi connectivity index (χ2v) is 8.47. The molecule has 2 amide bonds. The van der Waals surface area contributed by atoms with Crippen LogP contribution in [0.3, 0.4) is 0 Å². The van der Waals surface area contributed by atoms with Crippen molar-refractivity contribution in [3.63, 3.8) is 0 Å². The van der Waals surface area contributed by atoms with Crippen LogP contribution in [0.25, 0.3) is 0 Å². The number of carbonyl (C=O) groups is 2. The molecular weight excluding hydrogens is 378 g/mol. The van der Waals surface area contributed by atoms with E-state index >= 15 is 0 Å². The van der Waals surface area contributed by atoms with Crippen LogP contribution in [0.15, 0.2) is 35.7 Å². The lowest BCUT2D eigenvalue weighted by Gasteiger charge is -2.51. The maximum atomic E-state index is 12.3. The third kappa shape index (κ3) is 3.11. The lowest BCUT2D eigenvalue weighted by atomic mass is 9.80. The van der Waals surface area contributed by atoms with Gasteiger partial charge in [-0.1, -0.05) is 30.3 Å². The fraction of sp³-hybridized carbons (Fsp3) is 0.312. The van der Waals surface area contributed by atoms with Crippen LogP contribution in [0.2, 0.25) is 0 Å². The highest BCUT2D eigenvalue weighted by Crippen LogP contribution is 2.43. The Hall–Kier alpha value is -2.30. The minimum absolute atomic E-state index is 0.0443. The highest BCUT2D eigenvalue weighted by molar-refractivity contribution is 7.84. The van der Waals surface area contributed by atoms with Crippen LogP contribution >= 0.6 is 11.3 Å². The van der Waals surface area contributed by atoms with E-state index in [-0.39, 0.29) is 6.42 Å². The summed E-state index contributed by atoms with van der Waals surface area (Å²) in [5.74, 6) is -1.33. The minimum Gasteiger partial charge on any atom is -0.342 e. The quantitative estimate of drug-likeness (QED) is 0.577. The molecule has 1 aromatic carbocycles. The van der Waals surface area contributed by atoms with E-state index in [1.165, 1.54) is 18.3 Å². The standard InChI is InChI=1S/C16H17N3O5S2/c1-10-17-12(9-25-10)16(2)14(15(21)19(16)26(22,23)24)18-13(20)8-11-6-4-3-5-7-11/h3-7,9,14H,8H2,1-2H3,(H,18,20)(H,22,23,24)/t14-,16-/m1/s1. The molecule has 10 heteroatoms. The number of carbonyl (C=O) groups excluding carboxylic acids is 2. The molecule has 0 spiro atoms. The van der Waals surface area contributed by atoms with Crippen molar-refractivity contribution in [2.24, 2.45) is 0 Å². The molecule has 26 heavy (non-hydrogen) atoms. The maximum Gasteiger partial charge on any atom is 0.363 e. The van der Waals surface area contributed by atoms with Crippen LogP contribution in [0.5, 0.6) is 0 Å². The van der Waals surface area contributed by atoms with Crippen molar-refractivity contribution >= 4 is 33.5 Å². The van der Waals surface area contributed by atoms with Crippen molar-refractivity contribution in [1.82, 2.24) is 14.6 Å². The summed E-state index contributed by atoms with van der Waals surface area (Å²) in [7, 11) is -4.79. The number of nitrogens with one attached hydrogen (secondary N) is 1. The van der Waals surface area contributed by atoms with Gasteiger partial charge in [-0.2, -0.15) is 8.42 Å². The van der Waals surface area contributed by atoms with Gasteiger partial charge in [0.2, 0.25) is 5.91 Å². The van der Waals surface area contributed by atoms with Crippen LogP contribution in [0.4, 0.5) is 0 Å².